The number of benzene rings is 1. The molecule has 0 bridgehead atoms. The summed E-state index contributed by atoms with van der Waals surface area (Å²) in [6.07, 6.45) is 0. The monoisotopic (exact) mass is 317 g/mol. The van der Waals surface area contributed by atoms with Gasteiger partial charge in [0.25, 0.3) is 0 Å². The molecule has 18 heavy (non-hydrogen) atoms. The van der Waals surface area contributed by atoms with Crippen LogP contribution < -0.4 is 14.8 Å². The van der Waals surface area contributed by atoms with Crippen molar-refractivity contribution >= 4 is 15.9 Å². The molecule has 0 amide bonds. The van der Waals surface area contributed by atoms with Crippen molar-refractivity contribution in [3.8, 4) is 11.5 Å². The van der Waals surface area contributed by atoms with Gasteiger partial charge in [-0.15, -0.1) is 0 Å². The maximum Gasteiger partial charge on any atom is 0.166 e. The lowest BCUT2D eigenvalue weighted by Crippen LogP contribution is -2.42. The molecule has 102 valence electrons. The van der Waals surface area contributed by atoms with E-state index in [9.17, 15) is 5.11 Å². The normalized spacial score (nSPS) is 11.4. The lowest BCUT2D eigenvalue weighted by molar-refractivity contribution is 0.187. The second-order valence-corrected chi connectivity index (χ2v) is 5.51. The van der Waals surface area contributed by atoms with Gasteiger partial charge in [-0.25, -0.2) is 0 Å². The second kappa shape index (κ2) is 6.41. The topological polar surface area (TPSA) is 50.7 Å². The third kappa shape index (κ3) is 3.60. The lowest BCUT2D eigenvalue weighted by atomic mass is 10.1. The van der Waals surface area contributed by atoms with Crippen LogP contribution in [0.15, 0.2) is 16.6 Å². The van der Waals surface area contributed by atoms with E-state index < -0.39 is 0 Å². The molecule has 0 heterocycles. The van der Waals surface area contributed by atoms with Crippen LogP contribution >= 0.6 is 15.9 Å². The summed E-state index contributed by atoms with van der Waals surface area (Å²) >= 11 is 3.50. The molecule has 0 aliphatic rings. The number of aliphatic hydroxyl groups excluding tert-OH is 1. The third-order valence-electron chi connectivity index (χ3n) is 2.73. The highest BCUT2D eigenvalue weighted by molar-refractivity contribution is 9.10. The van der Waals surface area contributed by atoms with Gasteiger partial charge < -0.3 is 19.9 Å². The minimum Gasteiger partial charge on any atom is -0.493 e. The molecular weight excluding hydrogens is 298 g/mol. The van der Waals surface area contributed by atoms with Gasteiger partial charge >= 0.3 is 0 Å². The Labute approximate surface area is 116 Å². The van der Waals surface area contributed by atoms with Crippen LogP contribution in [0.3, 0.4) is 0 Å². The van der Waals surface area contributed by atoms with Crippen molar-refractivity contribution < 1.29 is 14.6 Å². The number of methoxy groups -OCH3 is 2. The van der Waals surface area contributed by atoms with E-state index in [4.69, 9.17) is 9.47 Å². The quantitative estimate of drug-likeness (QED) is 0.845. The Morgan fingerprint density at radius 2 is 1.94 bits per heavy atom. The minimum atomic E-state index is -0.340. The SMILES string of the molecule is COc1ccc(Br)c(CNC(C)(C)CO)c1OC. The first-order chi connectivity index (χ1) is 8.45. The molecule has 4 nitrogen and oxygen atoms in total. The summed E-state index contributed by atoms with van der Waals surface area (Å²) in [4.78, 5) is 0. The van der Waals surface area contributed by atoms with Gasteiger partial charge in [0.15, 0.2) is 11.5 Å². The number of rotatable bonds is 6. The maximum absolute atomic E-state index is 9.24. The highest BCUT2D eigenvalue weighted by atomic mass is 79.9. The van der Waals surface area contributed by atoms with Crippen molar-refractivity contribution in [2.45, 2.75) is 25.9 Å². The second-order valence-electron chi connectivity index (χ2n) is 4.66. The van der Waals surface area contributed by atoms with Gasteiger partial charge in [0.05, 0.1) is 20.8 Å². The first kappa shape index (κ1) is 15.3. The molecule has 0 atom stereocenters. The Morgan fingerprint density at radius 1 is 1.28 bits per heavy atom. The van der Waals surface area contributed by atoms with Crippen LogP contribution in [0.4, 0.5) is 0 Å². The van der Waals surface area contributed by atoms with Crippen LogP contribution in [0.25, 0.3) is 0 Å². The van der Waals surface area contributed by atoms with E-state index in [2.05, 4.69) is 21.2 Å². The van der Waals surface area contributed by atoms with Crippen LogP contribution in [0, 0.1) is 0 Å². The number of nitrogens with one attached hydrogen (secondary N) is 1. The smallest absolute Gasteiger partial charge is 0.166 e. The van der Waals surface area contributed by atoms with Gasteiger partial charge in [-0.2, -0.15) is 0 Å². The first-order valence-corrected chi connectivity index (χ1v) is 6.49. The Balaban J connectivity index is 3.00. The van der Waals surface area contributed by atoms with E-state index in [1.54, 1.807) is 14.2 Å². The number of hydrogen-bond acceptors (Lipinski definition) is 4. The summed E-state index contributed by atoms with van der Waals surface area (Å²) in [6.45, 7) is 4.52. The van der Waals surface area contributed by atoms with E-state index in [-0.39, 0.29) is 12.1 Å². The molecule has 0 unspecified atom stereocenters. The van der Waals surface area contributed by atoms with Gasteiger partial charge in [0.2, 0.25) is 0 Å². The predicted molar refractivity (Wildman–Crippen MR) is 75.3 cm³/mol. The van der Waals surface area contributed by atoms with Crippen molar-refractivity contribution in [3.05, 3.63) is 22.2 Å². The highest BCUT2D eigenvalue weighted by Crippen LogP contribution is 2.36. The number of hydrogen-bond donors (Lipinski definition) is 2. The lowest BCUT2D eigenvalue weighted by Gasteiger charge is -2.25. The Bertz CT molecular complexity index is 407. The average Bonchev–Trinajstić information content (AvgIpc) is 2.36. The molecule has 1 aromatic rings. The summed E-state index contributed by atoms with van der Waals surface area (Å²) in [6, 6.07) is 3.77. The summed E-state index contributed by atoms with van der Waals surface area (Å²) in [5.74, 6) is 1.40. The van der Waals surface area contributed by atoms with Crippen molar-refractivity contribution in [1.29, 1.82) is 0 Å². The number of ether oxygens (including phenoxy) is 2. The van der Waals surface area contributed by atoms with Crippen molar-refractivity contribution in [2.24, 2.45) is 0 Å². The van der Waals surface area contributed by atoms with E-state index in [1.807, 2.05) is 26.0 Å². The van der Waals surface area contributed by atoms with E-state index in [1.165, 1.54) is 0 Å². The van der Waals surface area contributed by atoms with Gasteiger partial charge in [0, 0.05) is 22.1 Å². The summed E-state index contributed by atoms with van der Waals surface area (Å²) in [5, 5.41) is 12.5. The van der Waals surface area contributed by atoms with Crippen LogP contribution in [0.5, 0.6) is 11.5 Å². The molecule has 0 radical (unpaired) electrons. The molecule has 1 rings (SSSR count). The highest BCUT2D eigenvalue weighted by Gasteiger charge is 2.19. The van der Waals surface area contributed by atoms with Crippen LogP contribution in [-0.2, 0) is 6.54 Å². The van der Waals surface area contributed by atoms with E-state index in [0.29, 0.717) is 18.0 Å². The molecule has 0 aromatic heterocycles. The molecule has 0 saturated heterocycles. The summed E-state index contributed by atoms with van der Waals surface area (Å²) in [7, 11) is 3.23. The van der Waals surface area contributed by atoms with Crippen LogP contribution in [0.2, 0.25) is 0 Å². The van der Waals surface area contributed by atoms with Crippen molar-refractivity contribution in [1.82, 2.24) is 5.32 Å². The van der Waals surface area contributed by atoms with Gasteiger partial charge in [-0.1, -0.05) is 15.9 Å². The fraction of sp³-hybridized carbons (Fsp3) is 0.538. The van der Waals surface area contributed by atoms with Gasteiger partial charge in [-0.05, 0) is 26.0 Å². The Hall–Kier alpha value is -0.780. The van der Waals surface area contributed by atoms with Crippen molar-refractivity contribution in [2.75, 3.05) is 20.8 Å². The zero-order valence-electron chi connectivity index (χ0n) is 11.2. The standard InChI is InChI=1S/C13H20BrNO3/c1-13(2,8-16)15-7-9-10(14)5-6-11(17-3)12(9)18-4/h5-6,15-16H,7-8H2,1-4H3. The molecule has 5 heteroatoms. The van der Waals surface area contributed by atoms with Crippen LogP contribution in [0.1, 0.15) is 19.4 Å². The molecule has 0 saturated carbocycles. The molecular formula is C13H20BrNO3. The summed E-state index contributed by atoms with van der Waals surface area (Å²) in [5.41, 5.74) is 0.631. The molecule has 0 fully saturated rings. The Kier molecular flexibility index (Phi) is 5.44. The predicted octanol–water partition coefficient (Wildman–Crippen LogP) is 2.33. The van der Waals surface area contributed by atoms with E-state index in [0.717, 1.165) is 10.0 Å². The fourth-order valence-electron chi connectivity index (χ4n) is 1.52. The maximum atomic E-state index is 9.24. The first-order valence-electron chi connectivity index (χ1n) is 5.70. The van der Waals surface area contributed by atoms with Gasteiger partial charge in [-0.3, -0.25) is 0 Å². The third-order valence-corrected chi connectivity index (χ3v) is 3.47. The molecule has 0 spiro atoms. The van der Waals surface area contributed by atoms with Gasteiger partial charge in [0.1, 0.15) is 0 Å². The molecule has 2 N–H and O–H groups in total. The average molecular weight is 318 g/mol. The molecule has 0 aliphatic heterocycles. The fourth-order valence-corrected chi connectivity index (χ4v) is 1.97. The van der Waals surface area contributed by atoms with Crippen molar-refractivity contribution in [3.63, 3.8) is 0 Å². The Morgan fingerprint density at radius 3 is 2.44 bits per heavy atom. The number of aliphatic hydroxyl groups is 1. The summed E-state index contributed by atoms with van der Waals surface area (Å²) < 4.78 is 11.6. The van der Waals surface area contributed by atoms with E-state index >= 15 is 0 Å². The molecule has 0 aliphatic carbocycles. The van der Waals surface area contributed by atoms with Crippen LogP contribution in [-0.4, -0.2) is 31.5 Å². The zero-order chi connectivity index (χ0) is 13.8. The molecule has 1 aromatic carbocycles. The largest absolute Gasteiger partial charge is 0.493 e. The number of halogens is 1. The minimum absolute atomic E-state index is 0.0664. The zero-order valence-corrected chi connectivity index (χ0v) is 12.8.